The highest BCUT2D eigenvalue weighted by molar-refractivity contribution is 7.98. The zero-order valence-corrected chi connectivity index (χ0v) is 17.0. The number of benzene rings is 2. The first-order valence-corrected chi connectivity index (χ1v) is 10.1. The van der Waals surface area contributed by atoms with E-state index in [9.17, 15) is 9.59 Å². The summed E-state index contributed by atoms with van der Waals surface area (Å²) in [5.41, 5.74) is 6.59. The Morgan fingerprint density at radius 3 is 2.67 bits per heavy atom. The highest BCUT2D eigenvalue weighted by atomic mass is 32.2. The van der Waals surface area contributed by atoms with E-state index in [1.165, 1.54) is 16.3 Å². The maximum Gasteiger partial charge on any atom is 0.261 e. The third-order valence-corrected chi connectivity index (χ3v) is 5.51. The third kappa shape index (κ3) is 3.92. The van der Waals surface area contributed by atoms with Crippen LogP contribution >= 0.6 is 11.8 Å². The summed E-state index contributed by atoms with van der Waals surface area (Å²) in [7, 11) is 1.62. The zero-order valence-electron chi connectivity index (χ0n) is 16.2. The summed E-state index contributed by atoms with van der Waals surface area (Å²) in [6.07, 6.45) is 3.56. The number of methoxy groups -OCH3 is 1. The molecule has 4 aromatic rings. The van der Waals surface area contributed by atoms with Crippen LogP contribution in [0.1, 0.15) is 5.82 Å². The normalized spacial score (nSPS) is 11.0. The summed E-state index contributed by atoms with van der Waals surface area (Å²) in [5.74, 6) is 0.983. The lowest BCUT2D eigenvalue weighted by Crippen LogP contribution is -2.31. The van der Waals surface area contributed by atoms with Gasteiger partial charge in [-0.05, 0) is 36.4 Å². The molecule has 2 aromatic carbocycles. The number of imidazole rings is 1. The van der Waals surface area contributed by atoms with Crippen LogP contribution in [0.25, 0.3) is 16.6 Å². The highest BCUT2D eigenvalue weighted by Crippen LogP contribution is 2.25. The second-order valence-electron chi connectivity index (χ2n) is 6.47. The Balaban J connectivity index is 1.66. The quantitative estimate of drug-likeness (QED) is 0.459. The van der Waals surface area contributed by atoms with Crippen molar-refractivity contribution in [1.82, 2.24) is 19.1 Å². The van der Waals surface area contributed by atoms with E-state index >= 15 is 0 Å². The van der Waals surface area contributed by atoms with Gasteiger partial charge in [-0.2, -0.15) is 0 Å². The lowest BCUT2D eigenvalue weighted by Gasteiger charge is -2.12. The monoisotopic (exact) mass is 421 g/mol. The van der Waals surface area contributed by atoms with Crippen LogP contribution in [0.5, 0.6) is 5.75 Å². The van der Waals surface area contributed by atoms with Crippen LogP contribution in [0.4, 0.5) is 0 Å². The molecule has 0 spiro atoms. The molecule has 1 amide bonds. The fraction of sp³-hybridized carbons (Fsp3) is 0.143. The van der Waals surface area contributed by atoms with Gasteiger partial charge in [-0.25, -0.2) is 9.97 Å². The van der Waals surface area contributed by atoms with Gasteiger partial charge in [-0.15, -0.1) is 0 Å². The van der Waals surface area contributed by atoms with E-state index in [-0.39, 0.29) is 12.1 Å². The topological polar surface area (TPSA) is 105 Å². The molecular weight excluding hydrogens is 402 g/mol. The van der Waals surface area contributed by atoms with Crippen molar-refractivity contribution in [2.45, 2.75) is 17.5 Å². The van der Waals surface area contributed by atoms with Crippen molar-refractivity contribution in [3.05, 3.63) is 77.1 Å². The van der Waals surface area contributed by atoms with E-state index in [0.29, 0.717) is 22.5 Å². The van der Waals surface area contributed by atoms with E-state index in [1.807, 2.05) is 41.1 Å². The van der Waals surface area contributed by atoms with Crippen molar-refractivity contribution in [2.75, 3.05) is 7.11 Å². The number of thioether (sulfide) groups is 1. The van der Waals surface area contributed by atoms with Crippen LogP contribution in [0, 0.1) is 0 Å². The molecule has 0 aliphatic heterocycles. The molecule has 0 aliphatic rings. The average Bonchev–Trinajstić information content (AvgIpc) is 3.23. The van der Waals surface area contributed by atoms with Gasteiger partial charge >= 0.3 is 0 Å². The Kier molecular flexibility index (Phi) is 5.53. The molecule has 2 aromatic heterocycles. The van der Waals surface area contributed by atoms with Gasteiger partial charge in [0.25, 0.3) is 5.56 Å². The first-order valence-electron chi connectivity index (χ1n) is 9.14. The second-order valence-corrected chi connectivity index (χ2v) is 7.41. The molecule has 0 aliphatic carbocycles. The minimum atomic E-state index is -0.597. The Hall–Kier alpha value is -3.59. The van der Waals surface area contributed by atoms with E-state index < -0.39 is 5.91 Å². The first-order chi connectivity index (χ1) is 14.6. The predicted octanol–water partition coefficient (Wildman–Crippen LogP) is 2.37. The molecule has 0 unspecified atom stereocenters. The lowest BCUT2D eigenvalue weighted by molar-refractivity contribution is -0.118. The molecule has 0 bridgehead atoms. The van der Waals surface area contributed by atoms with E-state index in [1.54, 1.807) is 31.5 Å². The molecule has 9 heteroatoms. The van der Waals surface area contributed by atoms with Crippen LogP contribution in [0.15, 0.2) is 70.9 Å². The van der Waals surface area contributed by atoms with Gasteiger partial charge < -0.3 is 10.5 Å². The number of amides is 1. The number of rotatable bonds is 7. The van der Waals surface area contributed by atoms with Crippen molar-refractivity contribution in [2.24, 2.45) is 5.73 Å². The molecule has 152 valence electrons. The number of fused-ring (bicyclic) bond motifs is 1. The van der Waals surface area contributed by atoms with Crippen molar-refractivity contribution >= 4 is 28.6 Å². The molecule has 0 saturated heterocycles. The maximum absolute atomic E-state index is 12.9. The molecule has 8 nitrogen and oxygen atoms in total. The summed E-state index contributed by atoms with van der Waals surface area (Å²) in [6.45, 7) is -0.223. The number of hydrogen-bond acceptors (Lipinski definition) is 6. The minimum absolute atomic E-state index is 0.223. The Morgan fingerprint density at radius 2 is 1.93 bits per heavy atom. The Morgan fingerprint density at radius 1 is 1.17 bits per heavy atom. The number of nitrogens with zero attached hydrogens (tertiary/aromatic N) is 4. The summed E-state index contributed by atoms with van der Waals surface area (Å²) < 4.78 is 8.47. The first kappa shape index (κ1) is 19.7. The Labute approximate surface area is 176 Å². The minimum Gasteiger partial charge on any atom is -0.497 e. The van der Waals surface area contributed by atoms with E-state index in [2.05, 4.69) is 9.97 Å². The van der Waals surface area contributed by atoms with Crippen molar-refractivity contribution in [1.29, 1.82) is 0 Å². The van der Waals surface area contributed by atoms with Gasteiger partial charge in [0.15, 0.2) is 5.16 Å². The number of para-hydroxylation sites is 1. The number of aromatic nitrogens is 4. The molecule has 4 rings (SSSR count). The van der Waals surface area contributed by atoms with Crippen molar-refractivity contribution in [3.63, 3.8) is 0 Å². The lowest BCUT2D eigenvalue weighted by atomic mass is 10.2. The van der Waals surface area contributed by atoms with Crippen LogP contribution < -0.4 is 16.0 Å². The molecule has 0 fully saturated rings. The summed E-state index contributed by atoms with van der Waals surface area (Å²) in [4.78, 5) is 33.4. The van der Waals surface area contributed by atoms with Crippen LogP contribution in [-0.4, -0.2) is 32.1 Å². The second kappa shape index (κ2) is 8.42. The number of carbonyl (C=O) groups is 1. The Bertz CT molecular complexity index is 1260. The summed E-state index contributed by atoms with van der Waals surface area (Å²) >= 11 is 1.42. The largest absolute Gasteiger partial charge is 0.497 e. The van der Waals surface area contributed by atoms with Crippen LogP contribution in [0.3, 0.4) is 0 Å². The number of primary amides is 1. The fourth-order valence-electron chi connectivity index (χ4n) is 3.11. The van der Waals surface area contributed by atoms with Crippen molar-refractivity contribution < 1.29 is 9.53 Å². The van der Waals surface area contributed by atoms with Gasteiger partial charge in [0.1, 0.15) is 18.1 Å². The predicted molar refractivity (Wildman–Crippen MR) is 115 cm³/mol. The summed E-state index contributed by atoms with van der Waals surface area (Å²) in [5, 5.41) is 1.18. The summed E-state index contributed by atoms with van der Waals surface area (Å²) in [6, 6.07) is 14.7. The smallest absolute Gasteiger partial charge is 0.261 e. The number of nitrogens with two attached hydrogens (primary N) is 1. The maximum atomic E-state index is 12.9. The van der Waals surface area contributed by atoms with E-state index in [0.717, 1.165) is 16.6 Å². The van der Waals surface area contributed by atoms with Gasteiger partial charge in [-0.3, -0.25) is 18.7 Å². The standard InChI is InChI=1S/C21H19N5O3S/c1-29-15-8-6-14(7-9-15)25-11-10-23-21(25)30-13-19-24-17-5-3-2-4-16(17)20(28)26(19)12-18(22)27/h2-11H,12-13H2,1H3,(H2,22,27). The molecule has 0 atom stereocenters. The zero-order chi connectivity index (χ0) is 21.1. The molecule has 2 N–H and O–H groups in total. The van der Waals surface area contributed by atoms with Crippen LogP contribution in [0.2, 0.25) is 0 Å². The number of hydrogen-bond donors (Lipinski definition) is 1. The number of carbonyl (C=O) groups excluding carboxylic acids is 1. The van der Waals surface area contributed by atoms with Gasteiger partial charge in [0, 0.05) is 18.1 Å². The fourth-order valence-corrected chi connectivity index (χ4v) is 4.03. The SMILES string of the molecule is COc1ccc(-n2ccnc2SCc2nc3ccccc3c(=O)n2CC(N)=O)cc1. The van der Waals surface area contributed by atoms with Crippen molar-refractivity contribution in [3.8, 4) is 11.4 Å². The highest BCUT2D eigenvalue weighted by Gasteiger charge is 2.14. The van der Waals surface area contributed by atoms with Gasteiger partial charge in [-0.1, -0.05) is 23.9 Å². The molecule has 0 radical (unpaired) electrons. The molecule has 30 heavy (non-hydrogen) atoms. The average molecular weight is 421 g/mol. The van der Waals surface area contributed by atoms with Crippen LogP contribution in [-0.2, 0) is 17.1 Å². The van der Waals surface area contributed by atoms with Gasteiger partial charge in [0.2, 0.25) is 5.91 Å². The van der Waals surface area contributed by atoms with E-state index in [4.69, 9.17) is 10.5 Å². The molecule has 0 saturated carbocycles. The molecule has 2 heterocycles. The van der Waals surface area contributed by atoms with Gasteiger partial charge in [0.05, 0.1) is 23.8 Å². The third-order valence-electron chi connectivity index (χ3n) is 4.54. The molecular formula is C21H19N5O3S. The number of ether oxygens (including phenoxy) is 1.